The van der Waals surface area contributed by atoms with E-state index < -0.39 is 6.09 Å². The Morgan fingerprint density at radius 1 is 1.03 bits per heavy atom. The van der Waals surface area contributed by atoms with E-state index in [1.165, 1.54) is 5.56 Å². The highest BCUT2D eigenvalue weighted by atomic mass is 16.4. The van der Waals surface area contributed by atoms with Gasteiger partial charge in [0.25, 0.3) is 0 Å². The smallest absolute Gasteiger partial charge is 0.404 e. The van der Waals surface area contributed by atoms with Crippen LogP contribution in [0.4, 0.5) is 15.3 Å². The molecule has 0 radical (unpaired) electrons. The van der Waals surface area contributed by atoms with Crippen molar-refractivity contribution in [1.29, 1.82) is 0 Å². The maximum Gasteiger partial charge on any atom is 0.404 e. The van der Waals surface area contributed by atoms with E-state index in [1.54, 1.807) is 0 Å². The summed E-state index contributed by atoms with van der Waals surface area (Å²) in [5.41, 5.74) is 7.21. The van der Waals surface area contributed by atoms with Crippen molar-refractivity contribution in [3.63, 3.8) is 0 Å². The predicted octanol–water partition coefficient (Wildman–Crippen LogP) is 6.74. The molecule has 3 N–H and O–H groups in total. The van der Waals surface area contributed by atoms with Crippen LogP contribution in [-0.2, 0) is 13.0 Å². The summed E-state index contributed by atoms with van der Waals surface area (Å²) in [5.74, 6) is 0.790. The lowest BCUT2D eigenvalue weighted by atomic mass is 9.89. The van der Waals surface area contributed by atoms with Gasteiger partial charge in [-0.25, -0.2) is 9.59 Å². The third-order valence-corrected chi connectivity index (χ3v) is 7.21. The van der Waals surface area contributed by atoms with Crippen molar-refractivity contribution in [2.75, 3.05) is 18.4 Å². The Morgan fingerprint density at radius 3 is 2.29 bits per heavy atom. The van der Waals surface area contributed by atoms with Crippen molar-refractivity contribution >= 4 is 17.8 Å². The molecule has 0 spiro atoms. The molecule has 0 aliphatic carbocycles. The number of nitrogens with one attached hydrogen (secondary N) is 2. The number of hydrogen-bond acceptors (Lipinski definition) is 3. The van der Waals surface area contributed by atoms with E-state index in [0.717, 1.165) is 46.5 Å². The van der Waals surface area contributed by atoms with E-state index in [0.29, 0.717) is 37.0 Å². The minimum absolute atomic E-state index is 0.110. The molecule has 1 aromatic heterocycles. The average molecular weight is 515 g/mol. The molecule has 38 heavy (non-hydrogen) atoms. The van der Waals surface area contributed by atoms with E-state index in [-0.39, 0.29) is 12.6 Å². The molecule has 7 heteroatoms. The van der Waals surface area contributed by atoms with Crippen LogP contribution >= 0.6 is 0 Å². The van der Waals surface area contributed by atoms with Gasteiger partial charge in [0.05, 0.1) is 11.4 Å². The zero-order valence-corrected chi connectivity index (χ0v) is 22.8. The Morgan fingerprint density at radius 2 is 1.68 bits per heavy atom. The Balaban J connectivity index is 1.67. The van der Waals surface area contributed by atoms with E-state index in [9.17, 15) is 14.7 Å². The largest absolute Gasteiger partial charge is 0.465 e. The standard InChI is InChI=1S/C31H38N4O3/c1-20(2)18-27-26(19-32-31(37)38)28(25-12-10-21(3)11-13-25)29(22(4)33-27)34-30(36)35-16-14-24(15-17-35)23-8-6-5-7-9-23/h5-13,20,24,32H,14-19H2,1-4H3,(H,34,36)(H,37,38). The third kappa shape index (κ3) is 6.52. The highest BCUT2D eigenvalue weighted by Crippen LogP contribution is 2.37. The van der Waals surface area contributed by atoms with E-state index in [4.69, 9.17) is 4.98 Å². The zero-order valence-electron chi connectivity index (χ0n) is 22.8. The van der Waals surface area contributed by atoms with E-state index in [1.807, 2.05) is 49.1 Å². The fourth-order valence-corrected chi connectivity index (χ4v) is 5.23. The number of carbonyl (C=O) groups is 2. The van der Waals surface area contributed by atoms with Crippen LogP contribution in [0.3, 0.4) is 0 Å². The summed E-state index contributed by atoms with van der Waals surface area (Å²) in [5, 5.41) is 15.1. The molecular formula is C31H38N4O3. The fraction of sp³-hybridized carbons (Fsp3) is 0.387. The van der Waals surface area contributed by atoms with Crippen molar-refractivity contribution in [2.24, 2.45) is 5.92 Å². The first-order chi connectivity index (χ1) is 18.2. The summed E-state index contributed by atoms with van der Waals surface area (Å²) < 4.78 is 0. The van der Waals surface area contributed by atoms with Gasteiger partial charge in [-0.1, -0.05) is 74.0 Å². The molecule has 1 aliphatic heterocycles. The van der Waals surface area contributed by atoms with Gasteiger partial charge < -0.3 is 20.6 Å². The number of benzene rings is 2. The third-order valence-electron chi connectivity index (χ3n) is 7.21. The van der Waals surface area contributed by atoms with Crippen LogP contribution in [0.2, 0.25) is 0 Å². The molecule has 0 atom stereocenters. The summed E-state index contributed by atoms with van der Waals surface area (Å²) in [4.78, 5) is 31.7. The minimum atomic E-state index is -1.09. The van der Waals surface area contributed by atoms with Crippen LogP contribution in [0, 0.1) is 19.8 Å². The number of carbonyl (C=O) groups excluding carboxylic acids is 1. The average Bonchev–Trinajstić information content (AvgIpc) is 2.90. The highest BCUT2D eigenvalue weighted by Gasteiger charge is 2.27. The Bertz CT molecular complexity index is 1260. The van der Waals surface area contributed by atoms with Crippen molar-refractivity contribution < 1.29 is 14.7 Å². The predicted molar refractivity (Wildman–Crippen MR) is 152 cm³/mol. The number of pyridine rings is 1. The number of anilines is 1. The number of aryl methyl sites for hydroxylation is 2. The maximum atomic E-state index is 13.5. The molecule has 2 aromatic carbocycles. The summed E-state index contributed by atoms with van der Waals surface area (Å²) in [6.45, 7) is 9.64. The summed E-state index contributed by atoms with van der Waals surface area (Å²) in [6.07, 6.45) is 1.45. The van der Waals surface area contributed by atoms with Crippen molar-refractivity contribution in [2.45, 2.75) is 59.4 Å². The number of nitrogens with zero attached hydrogens (tertiary/aromatic N) is 2. The summed E-state index contributed by atoms with van der Waals surface area (Å²) in [7, 11) is 0. The summed E-state index contributed by atoms with van der Waals surface area (Å²) in [6, 6.07) is 18.4. The normalized spacial score (nSPS) is 14.0. The van der Waals surface area contributed by atoms with Crippen LogP contribution in [0.15, 0.2) is 54.6 Å². The number of aromatic nitrogens is 1. The van der Waals surface area contributed by atoms with Crippen LogP contribution in [0.5, 0.6) is 0 Å². The molecule has 3 aromatic rings. The van der Waals surface area contributed by atoms with Gasteiger partial charge in [-0.2, -0.15) is 0 Å². The quantitative estimate of drug-likeness (QED) is 0.325. The Hall–Kier alpha value is -3.87. The van der Waals surface area contributed by atoms with Crippen LogP contribution in [-0.4, -0.2) is 40.2 Å². The molecule has 200 valence electrons. The van der Waals surface area contributed by atoms with Gasteiger partial charge in [-0.05, 0) is 56.1 Å². The first-order valence-electron chi connectivity index (χ1n) is 13.4. The SMILES string of the molecule is Cc1ccc(-c2c(CNC(=O)O)c(CC(C)C)nc(C)c2NC(=O)N2CCC(c3ccccc3)CC2)cc1. The lowest BCUT2D eigenvalue weighted by Gasteiger charge is -2.33. The van der Waals surface area contributed by atoms with Gasteiger partial charge in [0, 0.05) is 36.5 Å². The molecule has 4 rings (SSSR count). The monoisotopic (exact) mass is 514 g/mol. The van der Waals surface area contributed by atoms with Gasteiger partial charge in [-0.3, -0.25) is 4.98 Å². The number of rotatable bonds is 7. The lowest BCUT2D eigenvalue weighted by Crippen LogP contribution is -2.41. The Kier molecular flexibility index (Phi) is 8.66. The molecule has 1 aliphatic rings. The van der Waals surface area contributed by atoms with Crippen LogP contribution < -0.4 is 10.6 Å². The molecule has 1 saturated heterocycles. The highest BCUT2D eigenvalue weighted by molar-refractivity contribution is 5.96. The molecule has 3 amide bonds. The van der Waals surface area contributed by atoms with Gasteiger partial charge >= 0.3 is 12.1 Å². The topological polar surface area (TPSA) is 94.6 Å². The molecule has 2 heterocycles. The lowest BCUT2D eigenvalue weighted by molar-refractivity contribution is 0.193. The second-order valence-electron chi connectivity index (χ2n) is 10.6. The van der Waals surface area contributed by atoms with Gasteiger partial charge in [-0.15, -0.1) is 0 Å². The first kappa shape index (κ1) is 27.2. The van der Waals surface area contributed by atoms with Gasteiger partial charge in [0.1, 0.15) is 0 Å². The zero-order chi connectivity index (χ0) is 27.2. The molecule has 0 unspecified atom stereocenters. The number of hydrogen-bond donors (Lipinski definition) is 3. The van der Waals surface area contributed by atoms with Crippen molar-refractivity contribution in [3.8, 4) is 11.1 Å². The van der Waals surface area contributed by atoms with E-state index in [2.05, 4.69) is 48.7 Å². The van der Waals surface area contributed by atoms with Crippen molar-refractivity contribution in [1.82, 2.24) is 15.2 Å². The fourth-order valence-electron chi connectivity index (χ4n) is 5.23. The molecule has 0 saturated carbocycles. The second kappa shape index (κ2) is 12.1. The number of carboxylic acid groups (broad SMARTS) is 1. The molecular weight excluding hydrogens is 476 g/mol. The number of urea groups is 1. The molecule has 7 nitrogen and oxygen atoms in total. The number of likely N-dealkylation sites (tertiary alicyclic amines) is 1. The Labute approximate surface area is 225 Å². The number of piperidine rings is 1. The first-order valence-corrected chi connectivity index (χ1v) is 13.4. The molecule has 1 fully saturated rings. The van der Waals surface area contributed by atoms with Crippen LogP contribution in [0.1, 0.15) is 60.7 Å². The number of amides is 3. The molecule has 0 bridgehead atoms. The maximum absolute atomic E-state index is 13.5. The minimum Gasteiger partial charge on any atom is -0.465 e. The summed E-state index contributed by atoms with van der Waals surface area (Å²) >= 11 is 0. The van der Waals surface area contributed by atoms with Gasteiger partial charge in [0.2, 0.25) is 0 Å². The van der Waals surface area contributed by atoms with Crippen LogP contribution in [0.25, 0.3) is 11.1 Å². The van der Waals surface area contributed by atoms with E-state index >= 15 is 0 Å². The van der Waals surface area contributed by atoms with Gasteiger partial charge in [0.15, 0.2) is 0 Å². The second-order valence-corrected chi connectivity index (χ2v) is 10.6. The van der Waals surface area contributed by atoms with Crippen molar-refractivity contribution in [3.05, 3.63) is 82.7 Å².